The van der Waals surface area contributed by atoms with Crippen LogP contribution in [0.25, 0.3) is 0 Å². The smallest absolute Gasteiger partial charge is 0.242 e. The molecule has 30 heavy (non-hydrogen) atoms. The Balaban J connectivity index is 0.00000320. The number of nitrogens with one attached hydrogen (secondary N) is 3. The summed E-state index contributed by atoms with van der Waals surface area (Å²) in [4.78, 5) is 4.52. The van der Waals surface area contributed by atoms with Gasteiger partial charge in [0, 0.05) is 51.6 Å². The molecule has 2 heterocycles. The number of fused-ring (bicyclic) bond motifs is 1. The lowest BCUT2D eigenvalue weighted by atomic mass is 9.90. The standard InChI is InChI=1S/C20H29N5O3S.HI/c1-20(2)13-17(16-7-5-6-8-18(16)28-20)24-19(21-3)22-10-11-23-29(26,27)15-9-12-25(4)14-15;/h5-9,12,14,17,23H,10-11,13H2,1-4H3,(H2,21,22,24);1H. The summed E-state index contributed by atoms with van der Waals surface area (Å²) in [6, 6.07) is 9.58. The topological polar surface area (TPSA) is 96.8 Å². The number of benzene rings is 1. The lowest BCUT2D eigenvalue weighted by Crippen LogP contribution is -2.46. The van der Waals surface area contributed by atoms with Gasteiger partial charge in [-0.15, -0.1) is 24.0 Å². The Morgan fingerprint density at radius 2 is 2.00 bits per heavy atom. The van der Waals surface area contributed by atoms with Gasteiger partial charge in [0.05, 0.1) is 10.9 Å². The Hall–Kier alpha value is -1.79. The third kappa shape index (κ3) is 6.11. The largest absolute Gasteiger partial charge is 0.487 e. The highest BCUT2D eigenvalue weighted by atomic mass is 127. The maximum atomic E-state index is 12.3. The molecule has 1 atom stereocenters. The molecule has 3 rings (SSSR count). The second-order valence-corrected chi connectivity index (χ2v) is 9.48. The van der Waals surface area contributed by atoms with E-state index in [1.54, 1.807) is 37.1 Å². The summed E-state index contributed by atoms with van der Waals surface area (Å²) in [6.07, 6.45) is 4.05. The van der Waals surface area contributed by atoms with Crippen molar-refractivity contribution in [3.63, 3.8) is 0 Å². The third-order valence-electron chi connectivity index (χ3n) is 4.74. The van der Waals surface area contributed by atoms with Crippen LogP contribution in [0.4, 0.5) is 0 Å². The van der Waals surface area contributed by atoms with Crippen molar-refractivity contribution < 1.29 is 13.2 Å². The van der Waals surface area contributed by atoms with Crippen LogP contribution < -0.4 is 20.1 Å². The van der Waals surface area contributed by atoms with E-state index in [-0.39, 0.29) is 47.1 Å². The fraction of sp³-hybridized carbons (Fsp3) is 0.450. The highest BCUT2D eigenvalue weighted by molar-refractivity contribution is 14.0. The molecule has 0 spiro atoms. The Morgan fingerprint density at radius 3 is 2.67 bits per heavy atom. The van der Waals surface area contributed by atoms with Crippen molar-refractivity contribution in [3.05, 3.63) is 48.3 Å². The van der Waals surface area contributed by atoms with Crippen LogP contribution in [0.2, 0.25) is 0 Å². The number of rotatable bonds is 6. The maximum Gasteiger partial charge on any atom is 0.242 e. The van der Waals surface area contributed by atoms with Gasteiger partial charge in [-0.05, 0) is 26.0 Å². The Bertz CT molecular complexity index is 988. The van der Waals surface area contributed by atoms with E-state index >= 15 is 0 Å². The van der Waals surface area contributed by atoms with Crippen molar-refractivity contribution in [2.45, 2.75) is 36.8 Å². The number of sulfonamides is 1. The molecule has 0 aliphatic carbocycles. The molecule has 0 amide bonds. The first-order valence-corrected chi connectivity index (χ1v) is 11.1. The average Bonchev–Trinajstić information content (AvgIpc) is 3.10. The van der Waals surface area contributed by atoms with Crippen LogP contribution in [0.15, 0.2) is 52.6 Å². The summed E-state index contributed by atoms with van der Waals surface area (Å²) in [6.45, 7) is 4.77. The molecular formula is C20H30IN5O3S. The summed E-state index contributed by atoms with van der Waals surface area (Å²) >= 11 is 0. The predicted molar refractivity (Wildman–Crippen MR) is 129 cm³/mol. The number of para-hydroxylation sites is 1. The number of aryl methyl sites for hydroxylation is 1. The molecule has 1 unspecified atom stereocenters. The van der Waals surface area contributed by atoms with Crippen LogP contribution in [-0.4, -0.2) is 44.7 Å². The molecule has 1 aromatic heterocycles. The summed E-state index contributed by atoms with van der Waals surface area (Å²) in [5.41, 5.74) is 0.787. The van der Waals surface area contributed by atoms with Gasteiger partial charge in [-0.2, -0.15) is 0 Å². The number of nitrogens with zero attached hydrogens (tertiary/aromatic N) is 2. The zero-order chi connectivity index (χ0) is 21.1. The molecular weight excluding hydrogens is 517 g/mol. The molecule has 0 saturated carbocycles. The number of halogens is 1. The van der Waals surface area contributed by atoms with Crippen LogP contribution in [0.1, 0.15) is 31.9 Å². The van der Waals surface area contributed by atoms with Gasteiger partial charge in [0.25, 0.3) is 0 Å². The van der Waals surface area contributed by atoms with E-state index < -0.39 is 10.0 Å². The van der Waals surface area contributed by atoms with E-state index in [9.17, 15) is 8.42 Å². The van der Waals surface area contributed by atoms with Gasteiger partial charge in [0.1, 0.15) is 11.4 Å². The minimum absolute atomic E-state index is 0. The van der Waals surface area contributed by atoms with E-state index in [2.05, 4.69) is 34.2 Å². The van der Waals surface area contributed by atoms with Crippen LogP contribution in [0, 0.1) is 0 Å². The average molecular weight is 547 g/mol. The molecule has 3 N–H and O–H groups in total. The van der Waals surface area contributed by atoms with E-state index in [0.29, 0.717) is 12.5 Å². The summed E-state index contributed by atoms with van der Waals surface area (Å²) in [5.74, 6) is 1.48. The van der Waals surface area contributed by atoms with Crippen molar-refractivity contribution in [2.75, 3.05) is 20.1 Å². The molecule has 0 saturated heterocycles. The molecule has 1 aliphatic heterocycles. The number of aliphatic imine (C=N–C) groups is 1. The molecule has 8 nitrogen and oxygen atoms in total. The fourth-order valence-corrected chi connectivity index (χ4v) is 4.46. The summed E-state index contributed by atoms with van der Waals surface area (Å²) in [7, 11) is -0.0363. The first-order valence-electron chi connectivity index (χ1n) is 9.57. The van der Waals surface area contributed by atoms with Gasteiger partial charge >= 0.3 is 0 Å². The Kier molecular flexibility index (Phi) is 8.17. The molecule has 166 valence electrons. The number of guanidine groups is 1. The van der Waals surface area contributed by atoms with Crippen molar-refractivity contribution in [1.82, 2.24) is 19.9 Å². The van der Waals surface area contributed by atoms with Gasteiger partial charge in [-0.3, -0.25) is 4.99 Å². The van der Waals surface area contributed by atoms with Crippen molar-refractivity contribution in [3.8, 4) is 5.75 Å². The van der Waals surface area contributed by atoms with Gasteiger partial charge in [-0.25, -0.2) is 13.1 Å². The van der Waals surface area contributed by atoms with E-state index in [4.69, 9.17) is 4.74 Å². The quantitative estimate of drug-likeness (QED) is 0.224. The van der Waals surface area contributed by atoms with Gasteiger partial charge < -0.3 is 19.9 Å². The molecule has 0 radical (unpaired) electrons. The van der Waals surface area contributed by atoms with Crippen molar-refractivity contribution in [1.29, 1.82) is 0 Å². The van der Waals surface area contributed by atoms with Crippen LogP contribution >= 0.6 is 24.0 Å². The Morgan fingerprint density at radius 1 is 1.27 bits per heavy atom. The first kappa shape index (κ1) is 24.5. The van der Waals surface area contributed by atoms with E-state index in [1.165, 1.54) is 0 Å². The summed E-state index contributed by atoms with van der Waals surface area (Å²) in [5, 5.41) is 6.60. The lowest BCUT2D eigenvalue weighted by Gasteiger charge is -2.38. The lowest BCUT2D eigenvalue weighted by molar-refractivity contribution is 0.0694. The third-order valence-corrected chi connectivity index (χ3v) is 6.18. The van der Waals surface area contributed by atoms with Crippen LogP contribution in [0.5, 0.6) is 5.75 Å². The monoisotopic (exact) mass is 547 g/mol. The zero-order valence-corrected chi connectivity index (χ0v) is 20.8. The van der Waals surface area contributed by atoms with E-state index in [1.807, 2.05) is 24.3 Å². The highest BCUT2D eigenvalue weighted by Crippen LogP contribution is 2.39. The van der Waals surface area contributed by atoms with Crippen molar-refractivity contribution >= 4 is 40.0 Å². The molecule has 1 aliphatic rings. The first-order chi connectivity index (χ1) is 13.7. The van der Waals surface area contributed by atoms with E-state index in [0.717, 1.165) is 17.7 Å². The molecule has 10 heteroatoms. The second-order valence-electron chi connectivity index (χ2n) is 7.71. The minimum Gasteiger partial charge on any atom is -0.487 e. The highest BCUT2D eigenvalue weighted by Gasteiger charge is 2.33. The molecule has 0 fully saturated rings. The number of ether oxygens (including phenoxy) is 1. The number of hydrogen-bond donors (Lipinski definition) is 3. The minimum atomic E-state index is -3.51. The molecule has 2 aromatic rings. The maximum absolute atomic E-state index is 12.3. The predicted octanol–water partition coefficient (Wildman–Crippen LogP) is 2.39. The van der Waals surface area contributed by atoms with Gasteiger partial charge in [-0.1, -0.05) is 18.2 Å². The Labute approximate surface area is 195 Å². The normalized spacial score (nSPS) is 18.0. The van der Waals surface area contributed by atoms with Gasteiger partial charge in [0.15, 0.2) is 5.96 Å². The number of hydrogen-bond acceptors (Lipinski definition) is 4. The number of aromatic nitrogens is 1. The van der Waals surface area contributed by atoms with Gasteiger partial charge in [0.2, 0.25) is 10.0 Å². The summed E-state index contributed by atoms with van der Waals surface area (Å²) < 4.78 is 34.9. The second kappa shape index (κ2) is 10.0. The fourth-order valence-electron chi connectivity index (χ4n) is 3.38. The van der Waals surface area contributed by atoms with Crippen LogP contribution in [0.3, 0.4) is 0 Å². The zero-order valence-electron chi connectivity index (χ0n) is 17.7. The van der Waals surface area contributed by atoms with Crippen molar-refractivity contribution in [2.24, 2.45) is 12.0 Å². The van der Waals surface area contributed by atoms with Crippen LogP contribution in [-0.2, 0) is 17.1 Å². The SMILES string of the molecule is CN=C(NCCNS(=O)(=O)c1ccn(C)c1)NC1CC(C)(C)Oc2ccccc21.I. The molecule has 1 aromatic carbocycles. The molecule has 0 bridgehead atoms.